The molecule has 0 radical (unpaired) electrons. The van der Waals surface area contributed by atoms with Crippen LogP contribution in [0.2, 0.25) is 0 Å². The van der Waals surface area contributed by atoms with Crippen LogP contribution in [0.15, 0.2) is 30.3 Å². The summed E-state index contributed by atoms with van der Waals surface area (Å²) in [4.78, 5) is 0. The Balaban J connectivity index is 2.20. The molecule has 1 aromatic rings. The molecule has 0 aromatic heterocycles. The molecule has 0 bridgehead atoms. The molecule has 0 saturated heterocycles. The van der Waals surface area contributed by atoms with E-state index in [-0.39, 0.29) is 6.61 Å². The van der Waals surface area contributed by atoms with E-state index in [1.54, 1.807) is 7.11 Å². The Bertz CT molecular complexity index is 349. The third-order valence-electron chi connectivity index (χ3n) is 3.82. The molecule has 0 aliphatic heterocycles. The number of methoxy groups -OCH3 is 1. The lowest BCUT2D eigenvalue weighted by Gasteiger charge is -2.36. The van der Waals surface area contributed by atoms with E-state index < -0.39 is 5.54 Å². The minimum atomic E-state index is -0.467. The highest BCUT2D eigenvalue weighted by molar-refractivity contribution is 5.25. The molecule has 1 saturated carbocycles. The number of ether oxygens (including phenoxy) is 1. The summed E-state index contributed by atoms with van der Waals surface area (Å²) >= 11 is 0. The van der Waals surface area contributed by atoms with Crippen molar-refractivity contribution in [1.82, 2.24) is 5.32 Å². The number of rotatable bonds is 6. The van der Waals surface area contributed by atoms with Gasteiger partial charge in [-0.05, 0) is 18.4 Å². The SMILES string of the molecule is COCC(CO)(NC1CCCC1)c1ccccc1. The molecule has 2 rings (SSSR count). The summed E-state index contributed by atoms with van der Waals surface area (Å²) in [7, 11) is 1.68. The van der Waals surface area contributed by atoms with E-state index in [0.717, 1.165) is 5.56 Å². The summed E-state index contributed by atoms with van der Waals surface area (Å²) < 4.78 is 5.34. The molecular weight excluding hydrogens is 226 g/mol. The first-order valence-corrected chi connectivity index (χ1v) is 6.74. The largest absolute Gasteiger partial charge is 0.394 e. The maximum Gasteiger partial charge on any atom is 0.0907 e. The fourth-order valence-corrected chi connectivity index (χ4v) is 2.86. The lowest BCUT2D eigenvalue weighted by molar-refractivity contribution is 0.0525. The predicted molar refractivity (Wildman–Crippen MR) is 72.5 cm³/mol. The summed E-state index contributed by atoms with van der Waals surface area (Å²) in [5.41, 5.74) is 0.631. The molecule has 0 amide bonds. The number of aliphatic hydroxyl groups is 1. The first-order valence-electron chi connectivity index (χ1n) is 6.74. The maximum absolute atomic E-state index is 9.88. The molecule has 1 fully saturated rings. The van der Waals surface area contributed by atoms with Crippen molar-refractivity contribution in [2.24, 2.45) is 0 Å². The zero-order chi connectivity index (χ0) is 12.8. The van der Waals surface area contributed by atoms with E-state index in [1.807, 2.05) is 18.2 Å². The van der Waals surface area contributed by atoms with E-state index in [0.29, 0.717) is 12.6 Å². The Morgan fingerprint density at radius 3 is 2.50 bits per heavy atom. The molecule has 100 valence electrons. The summed E-state index contributed by atoms with van der Waals surface area (Å²) in [6.45, 7) is 0.547. The molecule has 3 nitrogen and oxygen atoms in total. The van der Waals surface area contributed by atoms with Gasteiger partial charge in [0.15, 0.2) is 0 Å². The molecule has 1 aromatic carbocycles. The summed E-state index contributed by atoms with van der Waals surface area (Å²) in [5, 5.41) is 13.5. The smallest absolute Gasteiger partial charge is 0.0907 e. The molecule has 18 heavy (non-hydrogen) atoms. The van der Waals surface area contributed by atoms with Gasteiger partial charge in [-0.15, -0.1) is 0 Å². The minimum Gasteiger partial charge on any atom is -0.394 e. The average Bonchev–Trinajstić information content (AvgIpc) is 2.92. The van der Waals surface area contributed by atoms with Crippen molar-refractivity contribution in [3.63, 3.8) is 0 Å². The van der Waals surface area contributed by atoms with Crippen molar-refractivity contribution < 1.29 is 9.84 Å². The van der Waals surface area contributed by atoms with Gasteiger partial charge in [-0.1, -0.05) is 43.2 Å². The molecule has 1 atom stereocenters. The van der Waals surface area contributed by atoms with Gasteiger partial charge < -0.3 is 15.2 Å². The standard InChI is InChI=1S/C15H23NO2/c1-18-12-15(11-17,13-7-3-2-4-8-13)16-14-9-5-6-10-14/h2-4,7-8,14,16-17H,5-6,9-12H2,1H3. The van der Waals surface area contributed by atoms with Crippen LogP contribution in [-0.2, 0) is 10.3 Å². The van der Waals surface area contributed by atoms with E-state index in [2.05, 4.69) is 17.4 Å². The lowest BCUT2D eigenvalue weighted by Crippen LogP contribution is -2.52. The second-order valence-electron chi connectivity index (χ2n) is 5.16. The first-order chi connectivity index (χ1) is 8.80. The molecule has 1 unspecified atom stereocenters. The maximum atomic E-state index is 9.88. The van der Waals surface area contributed by atoms with E-state index in [9.17, 15) is 5.11 Å². The van der Waals surface area contributed by atoms with Gasteiger partial charge >= 0.3 is 0 Å². The van der Waals surface area contributed by atoms with E-state index in [1.165, 1.54) is 25.7 Å². The molecular formula is C15H23NO2. The van der Waals surface area contributed by atoms with Crippen LogP contribution in [0.4, 0.5) is 0 Å². The van der Waals surface area contributed by atoms with Gasteiger partial charge in [-0.2, -0.15) is 0 Å². The average molecular weight is 249 g/mol. The topological polar surface area (TPSA) is 41.5 Å². The quantitative estimate of drug-likeness (QED) is 0.811. The van der Waals surface area contributed by atoms with E-state index >= 15 is 0 Å². The van der Waals surface area contributed by atoms with Crippen LogP contribution in [0, 0.1) is 0 Å². The van der Waals surface area contributed by atoms with Gasteiger partial charge in [0.2, 0.25) is 0 Å². The van der Waals surface area contributed by atoms with Gasteiger partial charge in [-0.3, -0.25) is 0 Å². The third kappa shape index (κ3) is 2.91. The second kappa shape index (κ2) is 6.32. The molecule has 1 aliphatic rings. The van der Waals surface area contributed by atoms with Crippen LogP contribution >= 0.6 is 0 Å². The third-order valence-corrected chi connectivity index (χ3v) is 3.82. The Kier molecular flexibility index (Phi) is 4.75. The van der Waals surface area contributed by atoms with Crippen molar-refractivity contribution in [1.29, 1.82) is 0 Å². The highest BCUT2D eigenvalue weighted by atomic mass is 16.5. The molecule has 2 N–H and O–H groups in total. The first kappa shape index (κ1) is 13.5. The normalized spacial score (nSPS) is 19.9. The van der Waals surface area contributed by atoms with Crippen molar-refractivity contribution in [3.05, 3.63) is 35.9 Å². The van der Waals surface area contributed by atoms with Crippen LogP contribution in [0.1, 0.15) is 31.2 Å². The number of aliphatic hydroxyl groups excluding tert-OH is 1. The van der Waals surface area contributed by atoms with Crippen LogP contribution < -0.4 is 5.32 Å². The Labute approximate surface area is 109 Å². The molecule has 3 heteroatoms. The Morgan fingerprint density at radius 2 is 1.94 bits per heavy atom. The van der Waals surface area contributed by atoms with Gasteiger partial charge in [0.1, 0.15) is 0 Å². The molecule has 0 spiro atoms. The van der Waals surface area contributed by atoms with Crippen molar-refractivity contribution in [2.45, 2.75) is 37.3 Å². The molecule has 0 heterocycles. The van der Waals surface area contributed by atoms with Crippen LogP contribution in [0.3, 0.4) is 0 Å². The van der Waals surface area contributed by atoms with Crippen LogP contribution in [0.25, 0.3) is 0 Å². The summed E-state index contributed by atoms with van der Waals surface area (Å²) in [6, 6.07) is 10.6. The zero-order valence-electron chi connectivity index (χ0n) is 11.1. The second-order valence-corrected chi connectivity index (χ2v) is 5.16. The van der Waals surface area contributed by atoms with Crippen LogP contribution in [-0.4, -0.2) is 31.5 Å². The van der Waals surface area contributed by atoms with Gasteiger partial charge in [-0.25, -0.2) is 0 Å². The van der Waals surface area contributed by atoms with E-state index in [4.69, 9.17) is 4.74 Å². The number of nitrogens with one attached hydrogen (secondary N) is 1. The predicted octanol–water partition coefficient (Wildman–Crippen LogP) is 2.05. The number of hydrogen-bond acceptors (Lipinski definition) is 3. The minimum absolute atomic E-state index is 0.0569. The zero-order valence-corrected chi connectivity index (χ0v) is 11.1. The van der Waals surface area contributed by atoms with Crippen molar-refractivity contribution in [3.8, 4) is 0 Å². The fraction of sp³-hybridized carbons (Fsp3) is 0.600. The highest BCUT2D eigenvalue weighted by Gasteiger charge is 2.34. The van der Waals surface area contributed by atoms with Crippen molar-refractivity contribution >= 4 is 0 Å². The monoisotopic (exact) mass is 249 g/mol. The highest BCUT2D eigenvalue weighted by Crippen LogP contribution is 2.26. The van der Waals surface area contributed by atoms with Gasteiger partial charge in [0, 0.05) is 13.2 Å². The number of benzene rings is 1. The fourth-order valence-electron chi connectivity index (χ4n) is 2.86. The lowest BCUT2D eigenvalue weighted by atomic mass is 9.90. The van der Waals surface area contributed by atoms with Crippen molar-refractivity contribution in [2.75, 3.05) is 20.3 Å². The Morgan fingerprint density at radius 1 is 1.28 bits per heavy atom. The van der Waals surface area contributed by atoms with Gasteiger partial charge in [0.25, 0.3) is 0 Å². The molecule has 1 aliphatic carbocycles. The van der Waals surface area contributed by atoms with Gasteiger partial charge in [0.05, 0.1) is 18.8 Å². The summed E-state index contributed by atoms with van der Waals surface area (Å²) in [6.07, 6.45) is 4.94. The number of hydrogen-bond donors (Lipinski definition) is 2. The summed E-state index contributed by atoms with van der Waals surface area (Å²) in [5.74, 6) is 0. The van der Waals surface area contributed by atoms with Crippen LogP contribution in [0.5, 0.6) is 0 Å². The Hall–Kier alpha value is -0.900.